The standard InChI is InChI=1S/C20H27NO5/c1-12(2)26-10-9-21-16(13-7-6-8-14(22)11-13)15(17(23)19(21)25)18(24)20(3,4)5/h6-8,11-12,16,22-23H,9-10H2,1-5H3. The molecule has 1 aromatic rings. The van der Waals surface area contributed by atoms with Crippen LogP contribution in [-0.2, 0) is 14.3 Å². The Balaban J connectivity index is 2.47. The van der Waals surface area contributed by atoms with Crippen LogP contribution in [0.5, 0.6) is 5.75 Å². The number of benzene rings is 1. The lowest BCUT2D eigenvalue weighted by Crippen LogP contribution is -2.35. The average molecular weight is 361 g/mol. The zero-order chi connectivity index (χ0) is 19.6. The Morgan fingerprint density at radius 3 is 2.46 bits per heavy atom. The third kappa shape index (κ3) is 4.07. The molecule has 1 amide bonds. The van der Waals surface area contributed by atoms with Crippen molar-refractivity contribution < 1.29 is 24.5 Å². The number of aromatic hydroxyl groups is 1. The van der Waals surface area contributed by atoms with Crippen molar-refractivity contribution in [3.05, 3.63) is 41.2 Å². The lowest BCUT2D eigenvalue weighted by atomic mass is 9.82. The van der Waals surface area contributed by atoms with Crippen LogP contribution in [0.1, 0.15) is 46.2 Å². The van der Waals surface area contributed by atoms with Crippen LogP contribution in [0.3, 0.4) is 0 Å². The van der Waals surface area contributed by atoms with E-state index in [2.05, 4.69) is 0 Å². The van der Waals surface area contributed by atoms with Gasteiger partial charge in [-0.05, 0) is 31.5 Å². The van der Waals surface area contributed by atoms with Crippen molar-refractivity contribution in [1.29, 1.82) is 0 Å². The van der Waals surface area contributed by atoms with Gasteiger partial charge in [0.05, 0.1) is 24.3 Å². The molecule has 0 aliphatic carbocycles. The number of Topliss-reactive ketones (excluding diaryl/α,β-unsaturated/α-hetero) is 1. The number of phenolic OH excluding ortho intramolecular Hbond substituents is 1. The monoisotopic (exact) mass is 361 g/mol. The highest BCUT2D eigenvalue weighted by atomic mass is 16.5. The van der Waals surface area contributed by atoms with Gasteiger partial charge >= 0.3 is 0 Å². The maximum absolute atomic E-state index is 12.9. The molecule has 6 nitrogen and oxygen atoms in total. The van der Waals surface area contributed by atoms with Gasteiger partial charge in [0.2, 0.25) is 0 Å². The van der Waals surface area contributed by atoms with Crippen molar-refractivity contribution in [3.63, 3.8) is 0 Å². The van der Waals surface area contributed by atoms with Crippen LogP contribution in [-0.4, -0.2) is 46.1 Å². The predicted octanol–water partition coefficient (Wildman–Crippen LogP) is 3.13. The number of amides is 1. The molecule has 142 valence electrons. The van der Waals surface area contributed by atoms with E-state index < -0.39 is 23.1 Å². The van der Waals surface area contributed by atoms with E-state index in [0.717, 1.165) is 0 Å². The molecule has 0 saturated heterocycles. The van der Waals surface area contributed by atoms with Gasteiger partial charge < -0.3 is 19.8 Å². The summed E-state index contributed by atoms with van der Waals surface area (Å²) in [5, 5.41) is 20.3. The number of hydrogen-bond acceptors (Lipinski definition) is 5. The number of nitrogens with zero attached hydrogens (tertiary/aromatic N) is 1. The molecule has 1 heterocycles. The van der Waals surface area contributed by atoms with Crippen LogP contribution in [0.2, 0.25) is 0 Å². The molecular formula is C20H27NO5. The van der Waals surface area contributed by atoms with Gasteiger partial charge in [-0.1, -0.05) is 32.9 Å². The van der Waals surface area contributed by atoms with Gasteiger partial charge in [-0.25, -0.2) is 0 Å². The lowest BCUT2D eigenvalue weighted by molar-refractivity contribution is -0.130. The fraction of sp³-hybridized carbons (Fsp3) is 0.500. The average Bonchev–Trinajstić information content (AvgIpc) is 2.77. The number of ether oxygens (including phenoxy) is 1. The Morgan fingerprint density at radius 1 is 1.27 bits per heavy atom. The van der Waals surface area contributed by atoms with Crippen LogP contribution in [0, 0.1) is 5.41 Å². The number of carbonyl (C=O) groups is 2. The number of phenols is 1. The van der Waals surface area contributed by atoms with E-state index in [1.54, 1.807) is 32.9 Å². The molecule has 0 bridgehead atoms. The van der Waals surface area contributed by atoms with Crippen molar-refractivity contribution in [1.82, 2.24) is 4.90 Å². The normalized spacial score (nSPS) is 18.2. The molecule has 1 aliphatic rings. The molecule has 2 N–H and O–H groups in total. The van der Waals surface area contributed by atoms with Gasteiger partial charge in [0.15, 0.2) is 11.5 Å². The second-order valence-electron chi connectivity index (χ2n) is 7.76. The van der Waals surface area contributed by atoms with E-state index in [0.29, 0.717) is 5.56 Å². The second-order valence-corrected chi connectivity index (χ2v) is 7.76. The summed E-state index contributed by atoms with van der Waals surface area (Å²) < 4.78 is 5.53. The second kappa shape index (κ2) is 7.50. The summed E-state index contributed by atoms with van der Waals surface area (Å²) in [7, 11) is 0. The first-order chi connectivity index (χ1) is 12.0. The smallest absolute Gasteiger partial charge is 0.290 e. The Morgan fingerprint density at radius 2 is 1.92 bits per heavy atom. The molecule has 2 rings (SSSR count). The summed E-state index contributed by atoms with van der Waals surface area (Å²) >= 11 is 0. The van der Waals surface area contributed by atoms with Crippen molar-refractivity contribution >= 4 is 11.7 Å². The molecule has 0 saturated carbocycles. The third-order valence-corrected chi connectivity index (χ3v) is 4.20. The number of hydrogen-bond donors (Lipinski definition) is 2. The van der Waals surface area contributed by atoms with E-state index >= 15 is 0 Å². The fourth-order valence-corrected chi connectivity index (χ4v) is 2.95. The lowest BCUT2D eigenvalue weighted by Gasteiger charge is -2.29. The summed E-state index contributed by atoms with van der Waals surface area (Å²) in [6.45, 7) is 9.51. The zero-order valence-electron chi connectivity index (χ0n) is 15.9. The Bertz CT molecular complexity index is 730. The zero-order valence-corrected chi connectivity index (χ0v) is 15.9. The molecule has 1 aromatic carbocycles. The molecule has 0 aromatic heterocycles. The van der Waals surface area contributed by atoms with Crippen LogP contribution in [0.15, 0.2) is 35.6 Å². The minimum absolute atomic E-state index is 0.00385. The van der Waals surface area contributed by atoms with Crippen LogP contribution >= 0.6 is 0 Å². The SMILES string of the molecule is CC(C)OCCN1C(=O)C(O)=C(C(=O)C(C)(C)C)C1c1cccc(O)c1. The van der Waals surface area contributed by atoms with E-state index in [9.17, 15) is 19.8 Å². The quantitative estimate of drug-likeness (QED) is 0.813. The van der Waals surface area contributed by atoms with Crippen molar-refractivity contribution in [3.8, 4) is 5.75 Å². The van der Waals surface area contributed by atoms with Gasteiger partial charge in [-0.15, -0.1) is 0 Å². The highest BCUT2D eigenvalue weighted by Crippen LogP contribution is 2.41. The van der Waals surface area contributed by atoms with Crippen LogP contribution in [0.4, 0.5) is 0 Å². The van der Waals surface area contributed by atoms with E-state index in [4.69, 9.17) is 4.74 Å². The van der Waals surface area contributed by atoms with E-state index in [-0.39, 0.29) is 36.4 Å². The first kappa shape index (κ1) is 20.0. The minimum atomic E-state index is -0.761. The van der Waals surface area contributed by atoms with Crippen molar-refractivity contribution in [2.24, 2.45) is 5.41 Å². The summed E-state index contributed by atoms with van der Waals surface area (Å²) in [6, 6.07) is 5.64. The Hall–Kier alpha value is -2.34. The first-order valence-corrected chi connectivity index (χ1v) is 8.73. The van der Waals surface area contributed by atoms with Crippen molar-refractivity contribution in [2.75, 3.05) is 13.2 Å². The predicted molar refractivity (Wildman–Crippen MR) is 97.8 cm³/mol. The Kier molecular flexibility index (Phi) is 5.76. The number of ketones is 1. The molecule has 0 spiro atoms. The van der Waals surface area contributed by atoms with Gasteiger partial charge in [0, 0.05) is 12.0 Å². The molecule has 1 aliphatic heterocycles. The van der Waals surface area contributed by atoms with Crippen LogP contribution in [0.25, 0.3) is 0 Å². The number of aliphatic hydroxyl groups is 1. The van der Waals surface area contributed by atoms with E-state index in [1.165, 1.54) is 17.0 Å². The number of carbonyl (C=O) groups excluding carboxylic acids is 2. The third-order valence-electron chi connectivity index (χ3n) is 4.20. The van der Waals surface area contributed by atoms with Gasteiger partial charge in [-0.2, -0.15) is 0 Å². The van der Waals surface area contributed by atoms with Crippen LogP contribution < -0.4 is 0 Å². The molecule has 0 radical (unpaired) electrons. The topological polar surface area (TPSA) is 87.1 Å². The number of rotatable bonds is 6. The molecule has 26 heavy (non-hydrogen) atoms. The minimum Gasteiger partial charge on any atom is -0.508 e. The Labute approximate surface area is 154 Å². The fourth-order valence-electron chi connectivity index (χ4n) is 2.95. The highest BCUT2D eigenvalue weighted by Gasteiger charge is 2.45. The largest absolute Gasteiger partial charge is 0.508 e. The van der Waals surface area contributed by atoms with E-state index in [1.807, 2.05) is 13.8 Å². The summed E-state index contributed by atoms with van der Waals surface area (Å²) in [5.41, 5.74) is -0.125. The molecule has 1 unspecified atom stereocenters. The molecular weight excluding hydrogens is 334 g/mol. The highest BCUT2D eigenvalue weighted by molar-refractivity contribution is 6.10. The summed E-state index contributed by atoms with van der Waals surface area (Å²) in [6.07, 6.45) is 0.00385. The maximum Gasteiger partial charge on any atom is 0.290 e. The van der Waals surface area contributed by atoms with Gasteiger partial charge in [-0.3, -0.25) is 9.59 Å². The number of aliphatic hydroxyl groups excluding tert-OH is 1. The summed E-state index contributed by atoms with van der Waals surface area (Å²) in [4.78, 5) is 27.0. The van der Waals surface area contributed by atoms with Crippen molar-refractivity contribution in [2.45, 2.75) is 46.8 Å². The summed E-state index contributed by atoms with van der Waals surface area (Å²) in [5.74, 6) is -1.40. The molecule has 0 fully saturated rings. The van der Waals surface area contributed by atoms with Gasteiger partial charge in [0.25, 0.3) is 5.91 Å². The van der Waals surface area contributed by atoms with Gasteiger partial charge in [0.1, 0.15) is 5.75 Å². The maximum atomic E-state index is 12.9. The molecule has 6 heteroatoms. The molecule has 1 atom stereocenters. The first-order valence-electron chi connectivity index (χ1n) is 8.73.